The van der Waals surface area contributed by atoms with Gasteiger partial charge in [0.25, 0.3) is 0 Å². The fraction of sp³-hybridized carbons (Fsp3) is 0.524. The number of phosphoric acid groups is 1. The van der Waals surface area contributed by atoms with Crippen molar-refractivity contribution >= 4 is 7.82 Å². The van der Waals surface area contributed by atoms with Gasteiger partial charge in [-0.3, -0.25) is 9.79 Å². The highest BCUT2D eigenvalue weighted by atomic mass is 31.2. The van der Waals surface area contributed by atoms with Gasteiger partial charge in [0.2, 0.25) is 0 Å². The topological polar surface area (TPSA) is 87.0 Å². The Kier molecular flexibility index (Phi) is 7.32. The molecule has 0 saturated carbocycles. The smallest absolute Gasteiger partial charge is 0.507 e. The maximum atomic E-state index is 11.6. The van der Waals surface area contributed by atoms with Crippen molar-refractivity contribution in [2.45, 2.75) is 65.2 Å². The second-order valence-corrected chi connectivity index (χ2v) is 8.76. The SMILES string of the molecule is C=C(C)[C@@H]1CCC(C)=C[C@H]1c1c(O)cc(CCCCC)cc1OP(=O)(O)O. The number of aromatic hydroxyl groups is 1. The lowest BCUT2D eigenvalue weighted by Gasteiger charge is -2.32. The van der Waals surface area contributed by atoms with Crippen molar-refractivity contribution < 1.29 is 24.0 Å². The molecule has 0 heterocycles. The van der Waals surface area contributed by atoms with E-state index in [4.69, 9.17) is 4.52 Å². The molecule has 0 aromatic heterocycles. The Balaban J connectivity index is 2.53. The van der Waals surface area contributed by atoms with Gasteiger partial charge in [-0.15, -0.1) is 0 Å². The number of phosphoric ester groups is 1. The van der Waals surface area contributed by atoms with Crippen molar-refractivity contribution in [3.8, 4) is 11.5 Å². The van der Waals surface area contributed by atoms with Gasteiger partial charge in [-0.05, 0) is 63.1 Å². The molecule has 5 nitrogen and oxygen atoms in total. The lowest BCUT2D eigenvalue weighted by molar-refractivity contribution is 0.280. The van der Waals surface area contributed by atoms with Crippen LogP contribution in [0, 0.1) is 5.92 Å². The summed E-state index contributed by atoms with van der Waals surface area (Å²) in [5, 5.41) is 10.8. The summed E-state index contributed by atoms with van der Waals surface area (Å²) in [6.45, 7) is 10.2. The van der Waals surface area contributed by atoms with Gasteiger partial charge in [0.1, 0.15) is 11.5 Å². The molecule has 1 aromatic carbocycles. The number of hydrogen-bond donors (Lipinski definition) is 3. The number of unbranched alkanes of at least 4 members (excludes halogenated alkanes) is 2. The van der Waals surface area contributed by atoms with Crippen LogP contribution in [0.2, 0.25) is 0 Å². The van der Waals surface area contributed by atoms with E-state index in [1.54, 1.807) is 12.1 Å². The molecule has 27 heavy (non-hydrogen) atoms. The molecule has 6 heteroatoms. The number of allylic oxidation sites excluding steroid dienone is 3. The van der Waals surface area contributed by atoms with Crippen LogP contribution in [0.4, 0.5) is 0 Å². The van der Waals surface area contributed by atoms with E-state index in [0.717, 1.165) is 49.7 Å². The van der Waals surface area contributed by atoms with Crippen molar-refractivity contribution in [2.75, 3.05) is 0 Å². The Morgan fingerprint density at radius 2 is 2.04 bits per heavy atom. The first-order valence-corrected chi connectivity index (χ1v) is 11.1. The molecular weight excluding hydrogens is 363 g/mol. The Hall–Kier alpha value is -1.55. The maximum absolute atomic E-state index is 11.6. The molecule has 2 rings (SSSR count). The molecule has 150 valence electrons. The summed E-state index contributed by atoms with van der Waals surface area (Å²) in [5.74, 6) is -0.0427. The molecule has 0 spiro atoms. The zero-order chi connectivity index (χ0) is 20.2. The van der Waals surface area contributed by atoms with E-state index >= 15 is 0 Å². The molecule has 0 saturated heterocycles. The van der Waals surface area contributed by atoms with Gasteiger partial charge in [-0.2, -0.15) is 0 Å². The number of hydrogen-bond acceptors (Lipinski definition) is 3. The number of aryl methyl sites for hydroxylation is 1. The Labute approximate surface area is 162 Å². The zero-order valence-electron chi connectivity index (χ0n) is 16.4. The summed E-state index contributed by atoms with van der Waals surface area (Å²) in [4.78, 5) is 18.8. The van der Waals surface area contributed by atoms with E-state index in [0.29, 0.717) is 5.56 Å². The quantitative estimate of drug-likeness (QED) is 0.303. The van der Waals surface area contributed by atoms with E-state index in [1.165, 1.54) is 5.57 Å². The van der Waals surface area contributed by atoms with Crippen molar-refractivity contribution in [1.29, 1.82) is 0 Å². The average Bonchev–Trinajstić information content (AvgIpc) is 2.53. The minimum Gasteiger partial charge on any atom is -0.507 e. The van der Waals surface area contributed by atoms with Crippen LogP contribution in [0.15, 0.2) is 35.9 Å². The van der Waals surface area contributed by atoms with E-state index in [2.05, 4.69) is 19.6 Å². The van der Waals surface area contributed by atoms with Gasteiger partial charge in [-0.25, -0.2) is 4.57 Å². The number of phenolic OH excluding ortho intramolecular Hbond substituents is 1. The lowest BCUT2D eigenvalue weighted by atomic mass is 9.73. The normalized spacial score (nSPS) is 20.3. The van der Waals surface area contributed by atoms with E-state index in [1.807, 2.05) is 13.8 Å². The van der Waals surface area contributed by atoms with Crippen molar-refractivity contribution in [1.82, 2.24) is 0 Å². The molecule has 1 aromatic rings. The van der Waals surface area contributed by atoms with Crippen LogP contribution in [0.25, 0.3) is 0 Å². The predicted molar refractivity (Wildman–Crippen MR) is 108 cm³/mol. The lowest BCUT2D eigenvalue weighted by Crippen LogP contribution is -2.18. The number of rotatable bonds is 8. The number of benzene rings is 1. The second kappa shape index (κ2) is 9.09. The molecule has 3 N–H and O–H groups in total. The standard InChI is InChI=1S/C21H31O5P/c1-5-6-7-8-16-12-19(22)21(20(13-16)26-27(23,24)25)18-11-15(4)9-10-17(18)14(2)3/h11-13,17-18,22H,2,5-10H2,1,3-4H3,(H2,23,24,25)/t17-,18+/m0/s1. The Morgan fingerprint density at radius 3 is 2.63 bits per heavy atom. The molecule has 0 aliphatic heterocycles. The van der Waals surface area contributed by atoms with E-state index < -0.39 is 7.82 Å². The minimum atomic E-state index is -4.75. The third kappa shape index (κ3) is 5.97. The van der Waals surface area contributed by atoms with Crippen LogP contribution in [0.1, 0.15) is 69.9 Å². The van der Waals surface area contributed by atoms with E-state index in [-0.39, 0.29) is 23.3 Å². The maximum Gasteiger partial charge on any atom is 0.524 e. The zero-order valence-corrected chi connectivity index (χ0v) is 17.3. The molecule has 0 unspecified atom stereocenters. The molecule has 1 aliphatic carbocycles. The van der Waals surface area contributed by atoms with E-state index in [9.17, 15) is 19.5 Å². The van der Waals surface area contributed by atoms with Crippen LogP contribution < -0.4 is 4.52 Å². The summed E-state index contributed by atoms with van der Waals surface area (Å²) in [7, 11) is -4.75. The molecule has 0 radical (unpaired) electrons. The molecule has 0 bridgehead atoms. The summed E-state index contributed by atoms with van der Waals surface area (Å²) in [6.07, 6.45) is 7.68. The van der Waals surface area contributed by atoms with Crippen molar-refractivity contribution in [3.63, 3.8) is 0 Å². The van der Waals surface area contributed by atoms with Gasteiger partial charge >= 0.3 is 7.82 Å². The molecule has 0 fully saturated rings. The fourth-order valence-electron chi connectivity index (χ4n) is 3.84. The van der Waals surface area contributed by atoms with Crippen LogP contribution in [-0.2, 0) is 11.0 Å². The third-order valence-electron chi connectivity index (χ3n) is 5.18. The van der Waals surface area contributed by atoms with Gasteiger partial charge < -0.3 is 9.63 Å². The van der Waals surface area contributed by atoms with Gasteiger partial charge in [0.05, 0.1) is 0 Å². The molecule has 2 atom stereocenters. The Morgan fingerprint density at radius 1 is 1.33 bits per heavy atom. The first-order chi connectivity index (χ1) is 12.6. The first-order valence-electron chi connectivity index (χ1n) is 9.56. The van der Waals surface area contributed by atoms with Crippen LogP contribution >= 0.6 is 7.82 Å². The van der Waals surface area contributed by atoms with Gasteiger partial charge in [0.15, 0.2) is 0 Å². The average molecular weight is 394 g/mol. The fourth-order valence-corrected chi connectivity index (χ4v) is 4.24. The summed E-state index contributed by atoms with van der Waals surface area (Å²) in [5.41, 5.74) is 3.42. The van der Waals surface area contributed by atoms with Gasteiger partial charge in [0, 0.05) is 11.5 Å². The highest BCUT2D eigenvalue weighted by Crippen LogP contribution is 2.50. The minimum absolute atomic E-state index is 0.0228. The summed E-state index contributed by atoms with van der Waals surface area (Å²) < 4.78 is 16.6. The van der Waals surface area contributed by atoms with Gasteiger partial charge in [-0.1, -0.05) is 43.6 Å². The highest BCUT2D eigenvalue weighted by Gasteiger charge is 2.32. The first kappa shape index (κ1) is 21.7. The van der Waals surface area contributed by atoms with Crippen LogP contribution in [-0.4, -0.2) is 14.9 Å². The number of phenols is 1. The summed E-state index contributed by atoms with van der Waals surface area (Å²) >= 11 is 0. The second-order valence-electron chi connectivity index (χ2n) is 7.60. The van der Waals surface area contributed by atoms with Crippen LogP contribution in [0.3, 0.4) is 0 Å². The molecule has 0 amide bonds. The Bertz CT molecular complexity index is 762. The molecular formula is C21H31O5P. The van der Waals surface area contributed by atoms with Crippen molar-refractivity contribution in [2.24, 2.45) is 5.92 Å². The van der Waals surface area contributed by atoms with Crippen LogP contribution in [0.5, 0.6) is 11.5 Å². The largest absolute Gasteiger partial charge is 0.524 e. The third-order valence-corrected chi connectivity index (χ3v) is 5.61. The summed E-state index contributed by atoms with van der Waals surface area (Å²) in [6, 6.07) is 3.36. The highest BCUT2D eigenvalue weighted by molar-refractivity contribution is 7.46. The monoisotopic (exact) mass is 394 g/mol. The van der Waals surface area contributed by atoms with Crippen molar-refractivity contribution in [3.05, 3.63) is 47.1 Å². The molecule has 1 aliphatic rings. The predicted octanol–water partition coefficient (Wildman–Crippen LogP) is 5.61.